The Morgan fingerprint density at radius 1 is 1.71 bits per heavy atom. The minimum Gasteiger partial charge on any atom is -0.480 e. The Morgan fingerprint density at radius 3 is 2.86 bits per heavy atom. The van der Waals surface area contributed by atoms with Gasteiger partial charge in [-0.05, 0) is 20.8 Å². The van der Waals surface area contributed by atoms with Crippen LogP contribution in [0.5, 0.6) is 0 Å². The second-order valence-electron chi connectivity index (χ2n) is 3.45. The van der Waals surface area contributed by atoms with Gasteiger partial charge >= 0.3 is 5.97 Å². The molecule has 0 radical (unpaired) electrons. The molecule has 0 amide bonds. The highest BCUT2D eigenvalue weighted by molar-refractivity contribution is 5.96. The van der Waals surface area contributed by atoms with Gasteiger partial charge in [-0.25, -0.2) is 4.79 Å². The minimum atomic E-state index is -1.15. The average molecular weight is 198 g/mol. The number of ketones is 1. The second-order valence-corrected chi connectivity index (χ2v) is 3.45. The Labute approximate surface area is 82.9 Å². The fourth-order valence-electron chi connectivity index (χ4n) is 1.43. The van der Waals surface area contributed by atoms with Crippen molar-refractivity contribution in [1.82, 2.24) is 0 Å². The minimum absolute atomic E-state index is 0.0448. The third kappa shape index (κ3) is 2.13. The van der Waals surface area contributed by atoms with Crippen LogP contribution in [-0.4, -0.2) is 24.0 Å². The Morgan fingerprint density at radius 2 is 2.36 bits per heavy atom. The van der Waals surface area contributed by atoms with Gasteiger partial charge in [0.1, 0.15) is 0 Å². The maximum Gasteiger partial charge on any atom is 0.350 e. The molecule has 0 saturated carbocycles. The van der Waals surface area contributed by atoms with E-state index in [-0.39, 0.29) is 18.8 Å². The van der Waals surface area contributed by atoms with E-state index in [1.54, 1.807) is 20.8 Å². The molecular formula is C10H14O4. The summed E-state index contributed by atoms with van der Waals surface area (Å²) in [7, 11) is 0. The molecule has 78 valence electrons. The van der Waals surface area contributed by atoms with E-state index in [1.807, 2.05) is 0 Å². The van der Waals surface area contributed by atoms with Gasteiger partial charge in [-0.1, -0.05) is 0 Å². The fraction of sp³-hybridized carbons (Fsp3) is 0.600. The molecule has 0 bridgehead atoms. The first kappa shape index (κ1) is 10.8. The van der Waals surface area contributed by atoms with Crippen LogP contribution in [0.3, 0.4) is 0 Å². The Bertz CT molecular complexity index is 292. The van der Waals surface area contributed by atoms with Crippen molar-refractivity contribution < 1.29 is 19.1 Å². The van der Waals surface area contributed by atoms with E-state index in [0.717, 1.165) is 0 Å². The molecule has 1 atom stereocenters. The highest BCUT2D eigenvalue weighted by atomic mass is 16.6. The molecule has 0 N–H and O–H groups in total. The lowest BCUT2D eigenvalue weighted by Gasteiger charge is -2.30. The molecule has 0 aromatic heterocycles. The van der Waals surface area contributed by atoms with E-state index >= 15 is 0 Å². The van der Waals surface area contributed by atoms with Crippen molar-refractivity contribution in [2.75, 3.05) is 6.61 Å². The molecule has 4 heteroatoms. The Kier molecular flexibility index (Phi) is 2.93. The normalized spacial score (nSPS) is 26.5. The molecule has 0 aromatic carbocycles. The molecule has 0 aromatic rings. The third-order valence-corrected chi connectivity index (χ3v) is 1.97. The zero-order valence-corrected chi connectivity index (χ0v) is 8.62. The lowest BCUT2D eigenvalue weighted by molar-refractivity contribution is -0.168. The van der Waals surface area contributed by atoms with Crippen molar-refractivity contribution in [2.45, 2.75) is 32.8 Å². The molecule has 1 aliphatic rings. The number of hydrogen-bond donors (Lipinski definition) is 0. The predicted octanol–water partition coefficient (Wildman–Crippen LogP) is 1.20. The molecule has 0 saturated heterocycles. The van der Waals surface area contributed by atoms with Crippen LogP contribution in [0.1, 0.15) is 27.2 Å². The van der Waals surface area contributed by atoms with Gasteiger partial charge in [0.25, 0.3) is 0 Å². The lowest BCUT2D eigenvalue weighted by atomic mass is 9.96. The van der Waals surface area contributed by atoms with Gasteiger partial charge in [-0.3, -0.25) is 4.79 Å². The standard InChI is InChI=1S/C10H14O4/c1-4-13-9(12)10(3)6-8(11)5-7(2)14-10/h5H,4,6H2,1-3H3. The summed E-state index contributed by atoms with van der Waals surface area (Å²) < 4.78 is 10.2. The largest absolute Gasteiger partial charge is 0.480 e. The molecule has 1 aliphatic heterocycles. The highest BCUT2D eigenvalue weighted by Gasteiger charge is 2.41. The quantitative estimate of drug-likeness (QED) is 0.625. The zero-order valence-electron chi connectivity index (χ0n) is 8.62. The van der Waals surface area contributed by atoms with E-state index in [9.17, 15) is 9.59 Å². The number of esters is 1. The number of hydrogen-bond acceptors (Lipinski definition) is 4. The van der Waals surface area contributed by atoms with Crippen LogP contribution in [0.25, 0.3) is 0 Å². The number of allylic oxidation sites excluding steroid dienone is 2. The number of rotatable bonds is 2. The molecule has 0 fully saturated rings. The summed E-state index contributed by atoms with van der Waals surface area (Å²) in [6.07, 6.45) is 1.43. The van der Waals surface area contributed by atoms with Crippen LogP contribution in [0.4, 0.5) is 0 Å². The van der Waals surface area contributed by atoms with Crippen LogP contribution >= 0.6 is 0 Å². The number of carbonyl (C=O) groups excluding carboxylic acids is 2. The van der Waals surface area contributed by atoms with Crippen LogP contribution in [0.2, 0.25) is 0 Å². The Hall–Kier alpha value is -1.32. The summed E-state index contributed by atoms with van der Waals surface area (Å²) in [6, 6.07) is 0. The summed E-state index contributed by atoms with van der Waals surface area (Å²) in [5, 5.41) is 0. The van der Waals surface area contributed by atoms with Gasteiger partial charge in [0.05, 0.1) is 18.8 Å². The maximum atomic E-state index is 11.5. The summed E-state index contributed by atoms with van der Waals surface area (Å²) in [6.45, 7) is 5.22. The summed E-state index contributed by atoms with van der Waals surface area (Å²) in [4.78, 5) is 22.7. The molecule has 14 heavy (non-hydrogen) atoms. The van der Waals surface area contributed by atoms with Crippen molar-refractivity contribution in [2.24, 2.45) is 0 Å². The smallest absolute Gasteiger partial charge is 0.350 e. The van der Waals surface area contributed by atoms with Gasteiger partial charge in [-0.15, -0.1) is 0 Å². The molecule has 1 unspecified atom stereocenters. The molecule has 0 aliphatic carbocycles. The molecule has 1 rings (SSSR count). The van der Waals surface area contributed by atoms with E-state index in [0.29, 0.717) is 5.76 Å². The second kappa shape index (κ2) is 3.82. The molecular weight excluding hydrogens is 184 g/mol. The van der Waals surface area contributed by atoms with Crippen LogP contribution < -0.4 is 0 Å². The van der Waals surface area contributed by atoms with Crippen molar-refractivity contribution in [1.29, 1.82) is 0 Å². The highest BCUT2D eigenvalue weighted by Crippen LogP contribution is 2.26. The molecule has 0 spiro atoms. The van der Waals surface area contributed by atoms with E-state index < -0.39 is 11.6 Å². The maximum absolute atomic E-state index is 11.5. The Balaban J connectivity index is 2.81. The predicted molar refractivity (Wildman–Crippen MR) is 49.5 cm³/mol. The van der Waals surface area contributed by atoms with Crippen molar-refractivity contribution >= 4 is 11.8 Å². The van der Waals surface area contributed by atoms with E-state index in [4.69, 9.17) is 9.47 Å². The zero-order chi connectivity index (χ0) is 10.8. The number of carbonyl (C=O) groups is 2. The topological polar surface area (TPSA) is 52.6 Å². The van der Waals surface area contributed by atoms with Gasteiger partial charge in [0, 0.05) is 6.08 Å². The first-order valence-corrected chi connectivity index (χ1v) is 4.55. The summed E-state index contributed by atoms with van der Waals surface area (Å²) in [5.74, 6) is -0.137. The van der Waals surface area contributed by atoms with Crippen molar-refractivity contribution in [3.8, 4) is 0 Å². The van der Waals surface area contributed by atoms with E-state index in [1.165, 1.54) is 6.08 Å². The average Bonchev–Trinajstić information content (AvgIpc) is 2.01. The molecule has 1 heterocycles. The SMILES string of the molecule is CCOC(=O)C1(C)CC(=O)C=C(C)O1. The number of ether oxygens (including phenoxy) is 2. The fourth-order valence-corrected chi connectivity index (χ4v) is 1.43. The summed E-state index contributed by atoms with van der Waals surface area (Å²) in [5.41, 5.74) is -1.15. The van der Waals surface area contributed by atoms with Crippen LogP contribution in [-0.2, 0) is 19.1 Å². The third-order valence-electron chi connectivity index (χ3n) is 1.97. The van der Waals surface area contributed by atoms with Crippen molar-refractivity contribution in [3.05, 3.63) is 11.8 Å². The first-order chi connectivity index (χ1) is 6.48. The van der Waals surface area contributed by atoms with E-state index in [2.05, 4.69) is 0 Å². The molecule has 4 nitrogen and oxygen atoms in total. The lowest BCUT2D eigenvalue weighted by Crippen LogP contribution is -2.43. The van der Waals surface area contributed by atoms with Gasteiger partial charge < -0.3 is 9.47 Å². The van der Waals surface area contributed by atoms with Crippen LogP contribution in [0, 0.1) is 0 Å². The monoisotopic (exact) mass is 198 g/mol. The van der Waals surface area contributed by atoms with Gasteiger partial charge in [-0.2, -0.15) is 0 Å². The van der Waals surface area contributed by atoms with Crippen LogP contribution in [0.15, 0.2) is 11.8 Å². The van der Waals surface area contributed by atoms with Gasteiger partial charge in [0.2, 0.25) is 5.60 Å². The summed E-state index contributed by atoms with van der Waals surface area (Å²) >= 11 is 0. The van der Waals surface area contributed by atoms with Gasteiger partial charge in [0.15, 0.2) is 5.78 Å². The first-order valence-electron chi connectivity index (χ1n) is 4.55. The van der Waals surface area contributed by atoms with Crippen molar-refractivity contribution in [3.63, 3.8) is 0 Å².